The molecule has 2 rings (SSSR count). The van der Waals surface area contributed by atoms with Gasteiger partial charge in [-0.15, -0.1) is 0 Å². The Morgan fingerprint density at radius 1 is 1.71 bits per heavy atom. The maximum absolute atomic E-state index is 4.14. The second kappa shape index (κ2) is 4.84. The zero-order valence-electron chi connectivity index (χ0n) is 8.57. The Balaban J connectivity index is 1.67. The predicted molar refractivity (Wildman–Crippen MR) is 60.4 cm³/mol. The third kappa shape index (κ3) is 2.75. The van der Waals surface area contributed by atoms with E-state index in [1.165, 1.54) is 24.2 Å². The van der Waals surface area contributed by atoms with Crippen molar-refractivity contribution in [3.05, 3.63) is 18.0 Å². The van der Waals surface area contributed by atoms with Crippen LogP contribution in [0.25, 0.3) is 0 Å². The molecule has 1 atom stereocenters. The first-order valence-electron chi connectivity index (χ1n) is 5.14. The molecule has 78 valence electrons. The fourth-order valence-corrected chi connectivity index (χ4v) is 2.98. The van der Waals surface area contributed by atoms with Gasteiger partial charge < -0.3 is 5.32 Å². The van der Waals surface area contributed by atoms with Crippen molar-refractivity contribution in [2.45, 2.75) is 24.6 Å². The van der Waals surface area contributed by atoms with Gasteiger partial charge in [0.2, 0.25) is 0 Å². The number of thioether (sulfide) groups is 1. The van der Waals surface area contributed by atoms with E-state index < -0.39 is 0 Å². The summed E-state index contributed by atoms with van der Waals surface area (Å²) < 4.78 is 1.85. The molecule has 1 aromatic heterocycles. The van der Waals surface area contributed by atoms with E-state index in [2.05, 4.69) is 28.4 Å². The molecule has 2 heterocycles. The molecule has 0 saturated carbocycles. The number of hydrogen-bond acceptors (Lipinski definition) is 3. The largest absolute Gasteiger partial charge is 0.311 e. The van der Waals surface area contributed by atoms with E-state index in [1.54, 1.807) is 0 Å². The highest BCUT2D eigenvalue weighted by atomic mass is 32.2. The van der Waals surface area contributed by atoms with Crippen LogP contribution in [0, 0.1) is 0 Å². The van der Waals surface area contributed by atoms with Crippen molar-refractivity contribution < 1.29 is 0 Å². The van der Waals surface area contributed by atoms with E-state index in [0.29, 0.717) is 0 Å². The van der Waals surface area contributed by atoms with Crippen LogP contribution in [0.3, 0.4) is 0 Å². The summed E-state index contributed by atoms with van der Waals surface area (Å²) in [5, 5.41) is 8.46. The molecule has 1 unspecified atom stereocenters. The fraction of sp³-hybridized carbons (Fsp3) is 0.700. The lowest BCUT2D eigenvalue weighted by Gasteiger charge is -2.08. The Morgan fingerprint density at radius 2 is 2.64 bits per heavy atom. The molecule has 4 heteroatoms. The van der Waals surface area contributed by atoms with Crippen LogP contribution in [0.5, 0.6) is 0 Å². The third-order valence-electron chi connectivity index (χ3n) is 2.48. The Morgan fingerprint density at radius 3 is 3.29 bits per heavy atom. The van der Waals surface area contributed by atoms with E-state index in [-0.39, 0.29) is 0 Å². The molecular weight excluding hydrogens is 194 g/mol. The average molecular weight is 211 g/mol. The molecule has 1 fully saturated rings. The summed E-state index contributed by atoms with van der Waals surface area (Å²) in [5.41, 5.74) is 1.27. The summed E-state index contributed by atoms with van der Waals surface area (Å²) in [6.45, 7) is 2.09. The van der Waals surface area contributed by atoms with Crippen molar-refractivity contribution in [2.24, 2.45) is 7.05 Å². The SMILES string of the molecule is Cn1cc(CNCC2CCCS2)cn1. The van der Waals surface area contributed by atoms with Crippen LogP contribution in [0.4, 0.5) is 0 Å². The smallest absolute Gasteiger partial charge is 0.0534 e. The van der Waals surface area contributed by atoms with Crippen LogP contribution >= 0.6 is 11.8 Å². The third-order valence-corrected chi connectivity index (χ3v) is 3.88. The summed E-state index contributed by atoms with van der Waals surface area (Å²) in [5.74, 6) is 1.35. The van der Waals surface area contributed by atoms with Gasteiger partial charge in [0.05, 0.1) is 6.20 Å². The highest BCUT2D eigenvalue weighted by molar-refractivity contribution is 8.00. The molecule has 0 aliphatic carbocycles. The zero-order valence-corrected chi connectivity index (χ0v) is 9.39. The minimum absolute atomic E-state index is 0.840. The first kappa shape index (κ1) is 10.1. The molecule has 1 aliphatic rings. The van der Waals surface area contributed by atoms with Crippen LogP contribution in [0.15, 0.2) is 12.4 Å². The maximum atomic E-state index is 4.14. The Labute approximate surface area is 89.3 Å². The minimum atomic E-state index is 0.840. The van der Waals surface area contributed by atoms with Gasteiger partial charge in [0.1, 0.15) is 0 Å². The van der Waals surface area contributed by atoms with E-state index in [9.17, 15) is 0 Å². The van der Waals surface area contributed by atoms with Gasteiger partial charge in [0.15, 0.2) is 0 Å². The number of nitrogens with zero attached hydrogens (tertiary/aromatic N) is 2. The molecule has 3 nitrogen and oxygen atoms in total. The average Bonchev–Trinajstić information content (AvgIpc) is 2.77. The van der Waals surface area contributed by atoms with E-state index in [1.807, 2.05) is 17.9 Å². The summed E-state index contributed by atoms with van der Waals surface area (Å²) in [6, 6.07) is 0. The molecule has 1 N–H and O–H groups in total. The van der Waals surface area contributed by atoms with Crippen molar-refractivity contribution >= 4 is 11.8 Å². The first-order chi connectivity index (χ1) is 6.84. The van der Waals surface area contributed by atoms with Gasteiger partial charge in [-0.25, -0.2) is 0 Å². The summed E-state index contributed by atoms with van der Waals surface area (Å²) in [4.78, 5) is 0. The summed E-state index contributed by atoms with van der Waals surface area (Å²) in [7, 11) is 1.95. The predicted octanol–water partition coefficient (Wildman–Crippen LogP) is 1.41. The van der Waals surface area contributed by atoms with Crippen molar-refractivity contribution in [1.82, 2.24) is 15.1 Å². The van der Waals surface area contributed by atoms with Gasteiger partial charge in [-0.3, -0.25) is 4.68 Å². The van der Waals surface area contributed by atoms with Gasteiger partial charge in [-0.1, -0.05) is 0 Å². The molecule has 1 aromatic rings. The molecule has 0 bridgehead atoms. The van der Waals surface area contributed by atoms with Crippen LogP contribution in [0.1, 0.15) is 18.4 Å². The molecule has 0 radical (unpaired) electrons. The lowest BCUT2D eigenvalue weighted by atomic mass is 10.2. The lowest BCUT2D eigenvalue weighted by molar-refractivity contribution is 0.645. The van der Waals surface area contributed by atoms with Gasteiger partial charge in [0.25, 0.3) is 0 Å². The Bertz CT molecular complexity index is 279. The minimum Gasteiger partial charge on any atom is -0.311 e. The molecular formula is C10H17N3S. The van der Waals surface area contributed by atoms with Gasteiger partial charge in [0, 0.05) is 37.1 Å². The number of hydrogen-bond donors (Lipinski definition) is 1. The molecule has 0 spiro atoms. The van der Waals surface area contributed by atoms with Gasteiger partial charge in [-0.05, 0) is 18.6 Å². The van der Waals surface area contributed by atoms with Crippen molar-refractivity contribution in [3.8, 4) is 0 Å². The van der Waals surface area contributed by atoms with E-state index in [4.69, 9.17) is 0 Å². The fourth-order valence-electron chi connectivity index (χ4n) is 1.75. The van der Waals surface area contributed by atoms with Crippen LogP contribution < -0.4 is 5.32 Å². The molecule has 0 amide bonds. The Kier molecular flexibility index (Phi) is 3.48. The first-order valence-corrected chi connectivity index (χ1v) is 6.19. The van der Waals surface area contributed by atoms with Gasteiger partial charge in [-0.2, -0.15) is 16.9 Å². The van der Waals surface area contributed by atoms with Crippen molar-refractivity contribution in [1.29, 1.82) is 0 Å². The number of rotatable bonds is 4. The van der Waals surface area contributed by atoms with Gasteiger partial charge >= 0.3 is 0 Å². The standard InChI is InChI=1S/C10H17N3S/c1-13-8-9(6-12-13)5-11-7-10-3-2-4-14-10/h6,8,10-11H,2-5,7H2,1H3. The lowest BCUT2D eigenvalue weighted by Crippen LogP contribution is -2.22. The Hall–Kier alpha value is -0.480. The highest BCUT2D eigenvalue weighted by Gasteiger charge is 2.14. The van der Waals surface area contributed by atoms with Crippen LogP contribution in [-0.4, -0.2) is 27.3 Å². The highest BCUT2D eigenvalue weighted by Crippen LogP contribution is 2.25. The van der Waals surface area contributed by atoms with Crippen molar-refractivity contribution in [2.75, 3.05) is 12.3 Å². The van der Waals surface area contributed by atoms with Crippen LogP contribution in [0.2, 0.25) is 0 Å². The number of aromatic nitrogens is 2. The molecule has 1 aliphatic heterocycles. The quantitative estimate of drug-likeness (QED) is 0.816. The van der Waals surface area contributed by atoms with Crippen molar-refractivity contribution in [3.63, 3.8) is 0 Å². The topological polar surface area (TPSA) is 29.9 Å². The van der Waals surface area contributed by atoms with Crippen LogP contribution in [-0.2, 0) is 13.6 Å². The normalized spacial score (nSPS) is 21.6. The molecule has 0 aromatic carbocycles. The second-order valence-electron chi connectivity index (χ2n) is 3.79. The molecule has 14 heavy (non-hydrogen) atoms. The summed E-state index contributed by atoms with van der Waals surface area (Å²) in [6.07, 6.45) is 6.76. The van der Waals surface area contributed by atoms with E-state index >= 15 is 0 Å². The monoisotopic (exact) mass is 211 g/mol. The molecule has 1 saturated heterocycles. The number of nitrogens with one attached hydrogen (secondary N) is 1. The number of aryl methyl sites for hydroxylation is 1. The summed E-state index contributed by atoms with van der Waals surface area (Å²) >= 11 is 2.10. The van der Waals surface area contributed by atoms with E-state index in [0.717, 1.165) is 18.3 Å². The zero-order chi connectivity index (χ0) is 9.80. The maximum Gasteiger partial charge on any atom is 0.0534 e. The second-order valence-corrected chi connectivity index (χ2v) is 5.20.